The molecule has 0 aliphatic heterocycles. The monoisotopic (exact) mass is 287 g/mol. The molecule has 1 aromatic heterocycles. The van der Waals surface area contributed by atoms with E-state index in [-0.39, 0.29) is 18.4 Å². The first-order chi connectivity index (χ1) is 10.1. The molecule has 112 valence electrons. The van der Waals surface area contributed by atoms with Gasteiger partial charge < -0.3 is 15.0 Å². The fourth-order valence-electron chi connectivity index (χ4n) is 2.27. The molecule has 0 saturated carbocycles. The summed E-state index contributed by atoms with van der Waals surface area (Å²) >= 11 is 0. The minimum Gasteiger partial charge on any atom is -0.395 e. The van der Waals surface area contributed by atoms with Crippen LogP contribution < -0.4 is 0 Å². The van der Waals surface area contributed by atoms with E-state index in [9.17, 15) is 9.90 Å². The molecule has 5 heteroatoms. The number of aromatic amines is 1. The number of carbonyl (C=O) groups is 1. The van der Waals surface area contributed by atoms with Crippen LogP contribution in [-0.2, 0) is 11.3 Å². The highest BCUT2D eigenvalue weighted by Gasteiger charge is 2.22. The Balaban J connectivity index is 2.14. The molecule has 0 aliphatic carbocycles. The highest BCUT2D eigenvalue weighted by atomic mass is 16.3. The number of hydrogen-bond donors (Lipinski definition) is 2. The molecule has 2 N–H and O–H groups in total. The van der Waals surface area contributed by atoms with E-state index < -0.39 is 0 Å². The van der Waals surface area contributed by atoms with E-state index in [1.807, 2.05) is 44.2 Å². The number of hydrogen-bond acceptors (Lipinski definition) is 3. The van der Waals surface area contributed by atoms with E-state index in [4.69, 9.17) is 0 Å². The first-order valence-corrected chi connectivity index (χ1v) is 7.07. The van der Waals surface area contributed by atoms with Crippen molar-refractivity contribution in [2.24, 2.45) is 0 Å². The summed E-state index contributed by atoms with van der Waals surface area (Å²) in [6.07, 6.45) is 1.62. The summed E-state index contributed by atoms with van der Waals surface area (Å²) in [6, 6.07) is 9.67. The van der Waals surface area contributed by atoms with Crippen LogP contribution in [0.3, 0.4) is 0 Å². The maximum Gasteiger partial charge on any atom is 0.230 e. The summed E-state index contributed by atoms with van der Waals surface area (Å²) in [5.41, 5.74) is 2.75. The Labute approximate surface area is 124 Å². The molecule has 0 saturated heterocycles. The van der Waals surface area contributed by atoms with Crippen LogP contribution in [0.4, 0.5) is 0 Å². The van der Waals surface area contributed by atoms with Crippen molar-refractivity contribution < 1.29 is 9.90 Å². The molecule has 2 aromatic rings. The molecule has 1 unspecified atom stereocenters. The van der Waals surface area contributed by atoms with E-state index >= 15 is 0 Å². The van der Waals surface area contributed by atoms with E-state index in [1.165, 1.54) is 0 Å². The number of aryl methyl sites for hydroxylation is 1. The molecule has 5 nitrogen and oxygen atoms in total. The Morgan fingerprint density at radius 3 is 2.67 bits per heavy atom. The van der Waals surface area contributed by atoms with Gasteiger partial charge in [0.05, 0.1) is 31.1 Å². The molecule has 1 atom stereocenters. The minimum atomic E-state index is -0.239. The Hall–Kier alpha value is -2.14. The zero-order chi connectivity index (χ0) is 15.2. The molecular formula is C16H21N3O2. The van der Waals surface area contributed by atoms with Gasteiger partial charge in [0.2, 0.25) is 5.91 Å². The lowest BCUT2D eigenvalue weighted by Crippen LogP contribution is -2.36. The first-order valence-electron chi connectivity index (χ1n) is 7.07. The van der Waals surface area contributed by atoms with Gasteiger partial charge in [-0.1, -0.05) is 30.3 Å². The molecule has 0 spiro atoms. The number of rotatable bonds is 6. The lowest BCUT2D eigenvalue weighted by Gasteiger charge is -2.25. The molecule has 1 heterocycles. The third kappa shape index (κ3) is 3.70. The second-order valence-corrected chi connectivity index (χ2v) is 5.09. The van der Waals surface area contributed by atoms with Gasteiger partial charge in [-0.05, 0) is 19.4 Å². The van der Waals surface area contributed by atoms with Crippen LogP contribution >= 0.6 is 0 Å². The quantitative estimate of drug-likeness (QED) is 0.852. The van der Waals surface area contributed by atoms with Gasteiger partial charge in [0.1, 0.15) is 0 Å². The van der Waals surface area contributed by atoms with Crippen molar-refractivity contribution in [3.05, 3.63) is 53.6 Å². The van der Waals surface area contributed by atoms with Gasteiger partial charge in [-0.2, -0.15) is 0 Å². The second-order valence-electron chi connectivity index (χ2n) is 5.09. The number of aliphatic hydroxyl groups is 1. The van der Waals surface area contributed by atoms with E-state index in [1.54, 1.807) is 11.2 Å². The fourth-order valence-corrected chi connectivity index (χ4v) is 2.27. The lowest BCUT2D eigenvalue weighted by molar-refractivity contribution is -0.133. The summed E-state index contributed by atoms with van der Waals surface area (Å²) < 4.78 is 0. The Bertz CT molecular complexity index is 580. The molecule has 2 rings (SSSR count). The average Bonchev–Trinajstić information content (AvgIpc) is 2.91. The van der Waals surface area contributed by atoms with Gasteiger partial charge >= 0.3 is 0 Å². The second kappa shape index (κ2) is 7.04. The first kappa shape index (κ1) is 15.3. The highest BCUT2D eigenvalue weighted by Crippen LogP contribution is 2.19. The van der Waals surface area contributed by atoms with Gasteiger partial charge in [0.25, 0.3) is 0 Å². The van der Waals surface area contributed by atoms with E-state index in [2.05, 4.69) is 9.97 Å². The Kier molecular flexibility index (Phi) is 5.11. The Morgan fingerprint density at radius 2 is 2.10 bits per heavy atom. The summed E-state index contributed by atoms with van der Waals surface area (Å²) in [4.78, 5) is 21.5. The van der Waals surface area contributed by atoms with Crippen LogP contribution in [-0.4, -0.2) is 39.0 Å². The van der Waals surface area contributed by atoms with Gasteiger partial charge in [-0.3, -0.25) is 4.79 Å². The van der Waals surface area contributed by atoms with Crippen molar-refractivity contribution in [2.75, 3.05) is 13.2 Å². The predicted molar refractivity (Wildman–Crippen MR) is 80.7 cm³/mol. The van der Waals surface area contributed by atoms with Crippen molar-refractivity contribution in [3.8, 4) is 0 Å². The van der Waals surface area contributed by atoms with Gasteiger partial charge in [-0.15, -0.1) is 0 Å². The number of aliphatic hydroxyl groups excluding tert-OH is 1. The number of carbonyl (C=O) groups excluding carboxylic acids is 1. The van der Waals surface area contributed by atoms with Gasteiger partial charge in [-0.25, -0.2) is 4.98 Å². The standard InChI is InChI=1S/C16H21N3O2/c1-12(14-6-4-3-5-7-14)16(21)19(8-9-20)10-15-13(2)17-11-18-15/h3-7,11-12,20H,8-10H2,1-2H3,(H,17,18). The molecule has 0 aliphatic rings. The van der Waals surface area contributed by atoms with Gasteiger partial charge in [0.15, 0.2) is 0 Å². The van der Waals surface area contributed by atoms with Crippen LogP contribution in [0.2, 0.25) is 0 Å². The van der Waals surface area contributed by atoms with Crippen LogP contribution in [0.1, 0.15) is 29.8 Å². The van der Waals surface area contributed by atoms with Crippen molar-refractivity contribution in [1.29, 1.82) is 0 Å². The van der Waals surface area contributed by atoms with Gasteiger partial charge in [0, 0.05) is 12.2 Å². The normalized spacial score (nSPS) is 12.1. The summed E-state index contributed by atoms with van der Waals surface area (Å²) in [7, 11) is 0. The van der Waals surface area contributed by atoms with Crippen molar-refractivity contribution in [2.45, 2.75) is 26.3 Å². The SMILES string of the molecule is Cc1[nH]cnc1CN(CCO)C(=O)C(C)c1ccccc1. The van der Waals surface area contributed by atoms with Crippen LogP contribution in [0.5, 0.6) is 0 Å². The summed E-state index contributed by atoms with van der Waals surface area (Å²) in [5, 5.41) is 9.21. The fraction of sp³-hybridized carbons (Fsp3) is 0.375. The van der Waals surface area contributed by atoms with Crippen LogP contribution in [0.25, 0.3) is 0 Å². The smallest absolute Gasteiger partial charge is 0.230 e. The number of nitrogens with zero attached hydrogens (tertiary/aromatic N) is 2. The van der Waals surface area contributed by atoms with Crippen molar-refractivity contribution >= 4 is 5.91 Å². The van der Waals surface area contributed by atoms with Crippen LogP contribution in [0.15, 0.2) is 36.7 Å². The molecule has 21 heavy (non-hydrogen) atoms. The summed E-state index contributed by atoms with van der Waals surface area (Å²) in [6.45, 7) is 4.47. The Morgan fingerprint density at radius 1 is 1.38 bits per heavy atom. The predicted octanol–water partition coefficient (Wildman–Crippen LogP) is 1.84. The molecule has 1 amide bonds. The zero-order valence-electron chi connectivity index (χ0n) is 12.4. The largest absolute Gasteiger partial charge is 0.395 e. The highest BCUT2D eigenvalue weighted by molar-refractivity contribution is 5.83. The number of amides is 1. The van der Waals surface area contributed by atoms with E-state index in [0.29, 0.717) is 13.1 Å². The van der Waals surface area contributed by atoms with E-state index in [0.717, 1.165) is 17.0 Å². The van der Waals surface area contributed by atoms with Crippen LogP contribution in [0, 0.1) is 6.92 Å². The molecule has 0 bridgehead atoms. The topological polar surface area (TPSA) is 69.2 Å². The van der Waals surface area contributed by atoms with Crippen molar-refractivity contribution in [3.63, 3.8) is 0 Å². The number of nitrogens with one attached hydrogen (secondary N) is 1. The average molecular weight is 287 g/mol. The third-order valence-corrected chi connectivity index (χ3v) is 3.63. The number of benzene rings is 1. The molecule has 0 radical (unpaired) electrons. The van der Waals surface area contributed by atoms with Crippen molar-refractivity contribution in [1.82, 2.24) is 14.9 Å². The number of aromatic nitrogens is 2. The maximum atomic E-state index is 12.6. The minimum absolute atomic E-state index is 0.00218. The maximum absolute atomic E-state index is 12.6. The molecule has 1 aromatic carbocycles. The lowest BCUT2D eigenvalue weighted by atomic mass is 9.99. The number of H-pyrrole nitrogens is 1. The summed E-state index contributed by atoms with van der Waals surface area (Å²) in [5.74, 6) is -0.241. The molecule has 0 fully saturated rings. The molecular weight excluding hydrogens is 266 g/mol. The number of imidazole rings is 1. The third-order valence-electron chi connectivity index (χ3n) is 3.63. The zero-order valence-corrected chi connectivity index (χ0v) is 12.4.